The summed E-state index contributed by atoms with van der Waals surface area (Å²) < 4.78 is 5.66. The maximum atomic E-state index is 12.9. The first kappa shape index (κ1) is 19.0. The SMILES string of the molecule is O=C([O-])c1ccc(Oc2ccc3c(c2)C(=O)N(c2ccc(Cl)cc2Cl)C3=O)cc1. The average Bonchev–Trinajstić information content (AvgIpc) is 2.93. The van der Waals surface area contributed by atoms with Crippen molar-refractivity contribution in [3.8, 4) is 11.5 Å². The van der Waals surface area contributed by atoms with E-state index in [0.717, 1.165) is 4.90 Å². The van der Waals surface area contributed by atoms with Crippen LogP contribution in [0.15, 0.2) is 60.7 Å². The van der Waals surface area contributed by atoms with Crippen LogP contribution in [0.5, 0.6) is 11.5 Å². The van der Waals surface area contributed by atoms with Gasteiger partial charge < -0.3 is 14.6 Å². The normalized spacial score (nSPS) is 12.8. The number of fused-ring (bicyclic) bond motifs is 1. The molecule has 6 nitrogen and oxygen atoms in total. The molecular formula is C21H10Cl2NO5-. The minimum atomic E-state index is -1.29. The Balaban J connectivity index is 1.64. The van der Waals surface area contributed by atoms with E-state index < -0.39 is 17.8 Å². The van der Waals surface area contributed by atoms with Gasteiger partial charge in [0, 0.05) is 5.02 Å². The molecule has 0 N–H and O–H groups in total. The number of halogens is 2. The van der Waals surface area contributed by atoms with Gasteiger partial charge in [0.15, 0.2) is 0 Å². The summed E-state index contributed by atoms with van der Waals surface area (Å²) in [5, 5.41) is 11.4. The van der Waals surface area contributed by atoms with Crippen molar-refractivity contribution in [3.05, 3.63) is 87.4 Å². The van der Waals surface area contributed by atoms with E-state index in [-0.39, 0.29) is 27.4 Å². The summed E-state index contributed by atoms with van der Waals surface area (Å²) in [6.45, 7) is 0. The first-order chi connectivity index (χ1) is 13.8. The molecular weight excluding hydrogens is 417 g/mol. The summed E-state index contributed by atoms with van der Waals surface area (Å²) in [6, 6.07) is 14.6. The third-order valence-corrected chi connectivity index (χ3v) is 4.87. The lowest BCUT2D eigenvalue weighted by atomic mass is 10.1. The summed E-state index contributed by atoms with van der Waals surface area (Å²) in [4.78, 5) is 37.4. The lowest BCUT2D eigenvalue weighted by Crippen LogP contribution is -2.29. The van der Waals surface area contributed by atoms with Gasteiger partial charge in [-0.25, -0.2) is 4.90 Å². The number of benzene rings is 3. The Kier molecular flexibility index (Phi) is 4.74. The van der Waals surface area contributed by atoms with Gasteiger partial charge in [0.1, 0.15) is 11.5 Å². The smallest absolute Gasteiger partial charge is 0.266 e. The molecule has 3 aromatic rings. The van der Waals surface area contributed by atoms with Crippen molar-refractivity contribution >= 4 is 46.7 Å². The fraction of sp³-hybridized carbons (Fsp3) is 0. The summed E-state index contributed by atoms with van der Waals surface area (Å²) >= 11 is 12.0. The van der Waals surface area contributed by atoms with Crippen LogP contribution in [-0.2, 0) is 0 Å². The van der Waals surface area contributed by atoms with E-state index in [9.17, 15) is 19.5 Å². The molecule has 1 heterocycles. The van der Waals surface area contributed by atoms with Gasteiger partial charge >= 0.3 is 0 Å². The van der Waals surface area contributed by atoms with Crippen LogP contribution in [0.4, 0.5) is 5.69 Å². The van der Waals surface area contributed by atoms with Crippen LogP contribution in [0.2, 0.25) is 10.0 Å². The number of anilines is 1. The van der Waals surface area contributed by atoms with Gasteiger partial charge in [-0.1, -0.05) is 23.2 Å². The molecule has 0 atom stereocenters. The van der Waals surface area contributed by atoms with Crippen LogP contribution in [-0.4, -0.2) is 17.8 Å². The molecule has 29 heavy (non-hydrogen) atoms. The number of imide groups is 1. The quantitative estimate of drug-likeness (QED) is 0.589. The highest BCUT2D eigenvalue weighted by molar-refractivity contribution is 6.41. The first-order valence-corrected chi connectivity index (χ1v) is 9.08. The maximum Gasteiger partial charge on any atom is 0.266 e. The van der Waals surface area contributed by atoms with E-state index in [1.54, 1.807) is 6.07 Å². The van der Waals surface area contributed by atoms with Gasteiger partial charge in [-0.2, -0.15) is 0 Å². The molecule has 2 amide bonds. The second-order valence-corrected chi connectivity index (χ2v) is 7.01. The highest BCUT2D eigenvalue weighted by atomic mass is 35.5. The summed E-state index contributed by atoms with van der Waals surface area (Å²) in [5.74, 6) is -1.65. The number of carbonyl (C=O) groups excluding carboxylic acids is 3. The van der Waals surface area contributed by atoms with Crippen LogP contribution in [0.3, 0.4) is 0 Å². The number of ether oxygens (including phenoxy) is 1. The Morgan fingerprint density at radius 1 is 0.828 bits per heavy atom. The summed E-state index contributed by atoms with van der Waals surface area (Å²) in [7, 11) is 0. The predicted molar refractivity (Wildman–Crippen MR) is 105 cm³/mol. The monoisotopic (exact) mass is 426 g/mol. The first-order valence-electron chi connectivity index (χ1n) is 8.32. The minimum Gasteiger partial charge on any atom is -0.545 e. The minimum absolute atomic E-state index is 0.0163. The number of carboxylic acid groups (broad SMARTS) is 1. The van der Waals surface area contributed by atoms with Crippen molar-refractivity contribution in [2.75, 3.05) is 4.90 Å². The molecule has 4 rings (SSSR count). The number of carbonyl (C=O) groups is 3. The van der Waals surface area contributed by atoms with Gasteiger partial charge in [0.25, 0.3) is 11.8 Å². The van der Waals surface area contributed by atoms with E-state index in [1.807, 2.05) is 0 Å². The number of aromatic carboxylic acids is 1. The Labute approximate surface area is 174 Å². The second-order valence-electron chi connectivity index (χ2n) is 6.16. The molecule has 1 aliphatic rings. The maximum absolute atomic E-state index is 12.9. The Morgan fingerprint density at radius 2 is 1.48 bits per heavy atom. The van der Waals surface area contributed by atoms with Crippen LogP contribution in [0.1, 0.15) is 31.1 Å². The van der Waals surface area contributed by atoms with Gasteiger partial charge in [-0.05, 0) is 66.2 Å². The van der Waals surface area contributed by atoms with Crippen LogP contribution in [0, 0.1) is 0 Å². The van der Waals surface area contributed by atoms with Crippen molar-refractivity contribution in [1.82, 2.24) is 0 Å². The zero-order valence-corrected chi connectivity index (χ0v) is 16.0. The summed E-state index contributed by atoms with van der Waals surface area (Å²) in [5.41, 5.74) is 0.649. The van der Waals surface area contributed by atoms with Crippen LogP contribution >= 0.6 is 23.2 Å². The number of amides is 2. The molecule has 0 radical (unpaired) electrons. The molecule has 144 valence electrons. The lowest BCUT2D eigenvalue weighted by molar-refractivity contribution is -0.255. The number of hydrogen-bond donors (Lipinski definition) is 0. The Bertz CT molecular complexity index is 1170. The third kappa shape index (κ3) is 3.44. The van der Waals surface area contributed by atoms with Gasteiger partial charge in [0.05, 0.1) is 27.8 Å². The lowest BCUT2D eigenvalue weighted by Gasteiger charge is -2.15. The standard InChI is InChI=1S/C21H11Cl2NO5/c22-12-3-8-18(17(23)9-12)24-19(25)15-7-6-14(10-16(15)20(24)26)29-13-4-1-11(2-5-13)21(27)28/h1-10H,(H,27,28)/p-1. The van der Waals surface area contributed by atoms with E-state index in [4.69, 9.17) is 27.9 Å². The van der Waals surface area contributed by atoms with Crippen molar-refractivity contribution in [2.45, 2.75) is 0 Å². The Morgan fingerprint density at radius 3 is 2.14 bits per heavy atom. The molecule has 0 aromatic heterocycles. The van der Waals surface area contributed by atoms with Gasteiger partial charge in [-0.3, -0.25) is 9.59 Å². The predicted octanol–water partition coefficient (Wildman–Crippen LogP) is 3.95. The number of hydrogen-bond acceptors (Lipinski definition) is 5. The van der Waals surface area contributed by atoms with Gasteiger partial charge in [0.2, 0.25) is 0 Å². The Hall–Kier alpha value is -3.35. The fourth-order valence-corrected chi connectivity index (χ4v) is 3.45. The molecule has 0 saturated heterocycles. The van der Waals surface area contributed by atoms with Crippen LogP contribution in [0.25, 0.3) is 0 Å². The molecule has 0 saturated carbocycles. The number of nitrogens with zero attached hydrogens (tertiary/aromatic N) is 1. The van der Waals surface area contributed by atoms with E-state index in [0.29, 0.717) is 16.5 Å². The molecule has 8 heteroatoms. The topological polar surface area (TPSA) is 86.7 Å². The average molecular weight is 427 g/mol. The number of rotatable bonds is 4. The molecule has 3 aromatic carbocycles. The van der Waals surface area contributed by atoms with E-state index in [1.165, 1.54) is 54.6 Å². The second kappa shape index (κ2) is 7.24. The fourth-order valence-electron chi connectivity index (χ4n) is 2.96. The summed E-state index contributed by atoms with van der Waals surface area (Å²) in [6.07, 6.45) is 0. The van der Waals surface area contributed by atoms with E-state index >= 15 is 0 Å². The third-order valence-electron chi connectivity index (χ3n) is 4.33. The largest absolute Gasteiger partial charge is 0.545 e. The van der Waals surface area contributed by atoms with Crippen molar-refractivity contribution in [3.63, 3.8) is 0 Å². The zero-order chi connectivity index (χ0) is 20.7. The van der Waals surface area contributed by atoms with Crippen molar-refractivity contribution in [2.24, 2.45) is 0 Å². The molecule has 0 bridgehead atoms. The van der Waals surface area contributed by atoms with Crippen LogP contribution < -0.4 is 14.7 Å². The van der Waals surface area contributed by atoms with Crippen molar-refractivity contribution in [1.29, 1.82) is 0 Å². The molecule has 0 aliphatic carbocycles. The van der Waals surface area contributed by atoms with E-state index in [2.05, 4.69) is 0 Å². The zero-order valence-electron chi connectivity index (χ0n) is 14.5. The highest BCUT2D eigenvalue weighted by Crippen LogP contribution is 2.36. The van der Waals surface area contributed by atoms with Gasteiger partial charge in [-0.15, -0.1) is 0 Å². The highest BCUT2D eigenvalue weighted by Gasteiger charge is 2.38. The number of carboxylic acids is 1. The van der Waals surface area contributed by atoms with Crippen molar-refractivity contribution < 1.29 is 24.2 Å². The molecule has 0 unspecified atom stereocenters. The molecule has 0 spiro atoms. The molecule has 0 fully saturated rings. The molecule has 1 aliphatic heterocycles.